The molecule has 0 amide bonds. The van der Waals surface area contributed by atoms with E-state index in [1.807, 2.05) is 0 Å². The lowest BCUT2D eigenvalue weighted by Gasteiger charge is -2.03. The minimum absolute atomic E-state index is 0.123. The first-order valence-corrected chi connectivity index (χ1v) is 4.80. The van der Waals surface area contributed by atoms with Gasteiger partial charge in [0.15, 0.2) is 0 Å². The Labute approximate surface area is 99.6 Å². The van der Waals surface area contributed by atoms with Crippen molar-refractivity contribution in [1.82, 2.24) is 0 Å². The van der Waals surface area contributed by atoms with Crippen molar-refractivity contribution in [2.24, 2.45) is 0 Å². The van der Waals surface area contributed by atoms with Crippen molar-refractivity contribution in [2.75, 3.05) is 0 Å². The zero-order chi connectivity index (χ0) is 14.6. The zero-order valence-electron chi connectivity index (χ0n) is 11.4. The third-order valence-electron chi connectivity index (χ3n) is 2.45. The van der Waals surface area contributed by atoms with Crippen LogP contribution in [0.3, 0.4) is 0 Å². The number of aromatic hydroxyl groups is 2. The molecule has 0 saturated carbocycles. The van der Waals surface area contributed by atoms with Crippen molar-refractivity contribution < 1.29 is 18.7 Å². The Balaban J connectivity index is 2.68. The maximum atomic E-state index is 11.9. The quantitative estimate of drug-likeness (QED) is 0.460. The molecule has 0 unspecified atom stereocenters. The standard InChI is InChI=1S/C13H8O4/c14-7-1-3-9-10-4-2-8(15)6-12(10)17-13(16)11(9)5-7/h1-6,14-15H/i2D,5D,6D. The third-order valence-corrected chi connectivity index (χ3v) is 2.45. The summed E-state index contributed by atoms with van der Waals surface area (Å²) >= 11 is 0. The van der Waals surface area contributed by atoms with Crippen molar-refractivity contribution in [3.63, 3.8) is 0 Å². The summed E-state index contributed by atoms with van der Waals surface area (Å²) in [6, 6.07) is 2.82. The first-order chi connectivity index (χ1) is 9.41. The minimum Gasteiger partial charge on any atom is -0.508 e. The van der Waals surface area contributed by atoms with Gasteiger partial charge >= 0.3 is 5.63 Å². The normalized spacial score (nSPS) is 13.5. The fraction of sp³-hybridized carbons (Fsp3) is 0. The van der Waals surface area contributed by atoms with Crippen LogP contribution in [0.5, 0.6) is 11.5 Å². The molecule has 0 aliphatic heterocycles. The Morgan fingerprint density at radius 3 is 2.65 bits per heavy atom. The van der Waals surface area contributed by atoms with E-state index in [2.05, 4.69) is 0 Å². The van der Waals surface area contributed by atoms with Gasteiger partial charge < -0.3 is 14.6 Å². The number of hydrogen-bond donors (Lipinski definition) is 2. The topological polar surface area (TPSA) is 70.7 Å². The Bertz CT molecular complexity index is 931. The summed E-state index contributed by atoms with van der Waals surface area (Å²) in [5, 5.41) is 19.5. The highest BCUT2D eigenvalue weighted by molar-refractivity contribution is 6.04. The predicted molar refractivity (Wildman–Crippen MR) is 63.3 cm³/mol. The van der Waals surface area contributed by atoms with E-state index in [4.69, 9.17) is 8.53 Å². The molecule has 1 aromatic heterocycles. The molecule has 0 aliphatic carbocycles. The van der Waals surface area contributed by atoms with Crippen LogP contribution in [0.25, 0.3) is 21.7 Å². The van der Waals surface area contributed by atoms with E-state index in [-0.39, 0.29) is 34.2 Å². The summed E-state index contributed by atoms with van der Waals surface area (Å²) in [5.74, 6) is -0.940. The summed E-state index contributed by atoms with van der Waals surface area (Å²) < 4.78 is 27.9. The molecule has 0 aliphatic rings. The van der Waals surface area contributed by atoms with E-state index in [0.29, 0.717) is 5.39 Å². The smallest absolute Gasteiger partial charge is 0.344 e. The maximum Gasteiger partial charge on any atom is 0.344 e. The second kappa shape index (κ2) is 3.25. The van der Waals surface area contributed by atoms with Crippen molar-refractivity contribution in [3.8, 4) is 11.5 Å². The second-order valence-corrected chi connectivity index (χ2v) is 3.53. The van der Waals surface area contributed by atoms with E-state index in [9.17, 15) is 15.0 Å². The molecule has 0 spiro atoms. The van der Waals surface area contributed by atoms with Gasteiger partial charge in [-0.05, 0) is 30.3 Å². The van der Waals surface area contributed by atoms with Crippen molar-refractivity contribution in [3.05, 3.63) is 46.7 Å². The third kappa shape index (κ3) is 1.42. The van der Waals surface area contributed by atoms with Gasteiger partial charge in [-0.1, -0.05) is 0 Å². The number of phenolic OH excluding ortho intramolecular Hbond substituents is 2. The van der Waals surface area contributed by atoms with Crippen LogP contribution in [0.4, 0.5) is 0 Å². The maximum absolute atomic E-state index is 11.9. The van der Waals surface area contributed by atoms with Crippen LogP contribution in [-0.4, -0.2) is 10.2 Å². The van der Waals surface area contributed by atoms with E-state index in [1.54, 1.807) is 0 Å². The van der Waals surface area contributed by atoms with Gasteiger partial charge in [0.1, 0.15) is 17.1 Å². The van der Waals surface area contributed by atoms with Crippen LogP contribution in [0.1, 0.15) is 4.11 Å². The van der Waals surface area contributed by atoms with E-state index in [1.165, 1.54) is 18.2 Å². The molecule has 0 radical (unpaired) electrons. The number of phenols is 2. The van der Waals surface area contributed by atoms with Gasteiger partial charge in [0.2, 0.25) is 0 Å². The predicted octanol–water partition coefficient (Wildman–Crippen LogP) is 2.36. The van der Waals surface area contributed by atoms with E-state index in [0.717, 1.165) is 0 Å². The van der Waals surface area contributed by atoms with Gasteiger partial charge in [-0.2, -0.15) is 0 Å². The van der Waals surface area contributed by atoms with Crippen LogP contribution in [0.15, 0.2) is 45.5 Å². The number of fused-ring (bicyclic) bond motifs is 3. The van der Waals surface area contributed by atoms with Gasteiger partial charge in [0, 0.05) is 16.8 Å². The van der Waals surface area contributed by atoms with Crippen LogP contribution in [0.2, 0.25) is 0 Å². The molecule has 1 heterocycles. The van der Waals surface area contributed by atoms with Crippen LogP contribution in [-0.2, 0) is 0 Å². The monoisotopic (exact) mass is 231 g/mol. The molecular weight excluding hydrogens is 220 g/mol. The lowest BCUT2D eigenvalue weighted by Crippen LogP contribution is -1.99. The largest absolute Gasteiger partial charge is 0.508 e. The first-order valence-electron chi connectivity index (χ1n) is 6.30. The Morgan fingerprint density at radius 1 is 1.00 bits per heavy atom. The summed E-state index contributed by atoms with van der Waals surface area (Å²) in [5.41, 5.74) is -1.03. The van der Waals surface area contributed by atoms with Crippen LogP contribution >= 0.6 is 0 Å². The highest BCUT2D eigenvalue weighted by atomic mass is 16.4. The molecule has 3 rings (SSSR count). The highest BCUT2D eigenvalue weighted by Gasteiger charge is 2.08. The average Bonchev–Trinajstić information content (AvgIpc) is 2.41. The average molecular weight is 231 g/mol. The molecule has 4 nitrogen and oxygen atoms in total. The summed E-state index contributed by atoms with van der Waals surface area (Å²) in [4.78, 5) is 11.9. The molecule has 3 aromatic rings. The Kier molecular flexibility index (Phi) is 1.33. The molecule has 2 N–H and O–H groups in total. The fourth-order valence-corrected chi connectivity index (χ4v) is 1.71. The van der Waals surface area contributed by atoms with Gasteiger partial charge in [0.05, 0.1) is 9.50 Å². The zero-order valence-corrected chi connectivity index (χ0v) is 8.44. The molecule has 4 heteroatoms. The fourth-order valence-electron chi connectivity index (χ4n) is 1.71. The first kappa shape index (κ1) is 6.96. The van der Waals surface area contributed by atoms with Gasteiger partial charge in [-0.25, -0.2) is 4.79 Å². The van der Waals surface area contributed by atoms with Crippen molar-refractivity contribution in [1.29, 1.82) is 0 Å². The van der Waals surface area contributed by atoms with E-state index < -0.39 is 17.4 Å². The molecule has 17 heavy (non-hydrogen) atoms. The summed E-state index contributed by atoms with van der Waals surface area (Å²) in [6.45, 7) is 0. The van der Waals surface area contributed by atoms with Crippen LogP contribution in [0, 0.1) is 0 Å². The molecule has 0 bridgehead atoms. The van der Waals surface area contributed by atoms with Gasteiger partial charge in [0.25, 0.3) is 0 Å². The summed E-state index contributed by atoms with van der Waals surface area (Å²) in [7, 11) is 0. The summed E-state index contributed by atoms with van der Waals surface area (Å²) in [6.07, 6.45) is 0. The molecule has 0 atom stereocenters. The molecule has 0 saturated heterocycles. The highest BCUT2D eigenvalue weighted by Crippen LogP contribution is 2.27. The minimum atomic E-state index is -0.876. The molecule has 0 fully saturated rings. The second-order valence-electron chi connectivity index (χ2n) is 3.53. The van der Waals surface area contributed by atoms with E-state index >= 15 is 0 Å². The Morgan fingerprint density at radius 2 is 1.82 bits per heavy atom. The number of hydrogen-bond acceptors (Lipinski definition) is 4. The molecule has 84 valence electrons. The number of rotatable bonds is 0. The van der Waals surface area contributed by atoms with Gasteiger partial charge in [-0.3, -0.25) is 0 Å². The molecular formula is C13H8O4. The SMILES string of the molecule is [2H]c1cc2c(oc(=O)c3c([2H])c(O)ccc32)c([2H])c1O. The van der Waals surface area contributed by atoms with Crippen molar-refractivity contribution >= 4 is 21.7 Å². The lowest BCUT2D eigenvalue weighted by atomic mass is 10.1. The van der Waals surface area contributed by atoms with Crippen LogP contribution < -0.4 is 5.63 Å². The van der Waals surface area contributed by atoms with Gasteiger partial charge in [-0.15, -0.1) is 0 Å². The Hall–Kier alpha value is -2.49. The molecule has 2 aromatic carbocycles. The van der Waals surface area contributed by atoms with Crippen molar-refractivity contribution in [2.45, 2.75) is 0 Å². The lowest BCUT2D eigenvalue weighted by molar-refractivity contribution is 0.472. The number of benzene rings is 2.